The van der Waals surface area contributed by atoms with Crippen molar-refractivity contribution in [1.29, 1.82) is 0 Å². The van der Waals surface area contributed by atoms with Crippen LogP contribution in [0.1, 0.15) is 38.2 Å². The van der Waals surface area contributed by atoms with Crippen molar-refractivity contribution in [3.8, 4) is 5.75 Å². The van der Waals surface area contributed by atoms with Crippen LogP contribution in [-0.4, -0.2) is 12.6 Å². The molecule has 0 bridgehead atoms. The Labute approximate surface area is 110 Å². The largest absolute Gasteiger partial charge is 0.494 e. The van der Waals surface area contributed by atoms with Gasteiger partial charge in [-0.1, -0.05) is 12.1 Å². The molecule has 0 saturated heterocycles. The summed E-state index contributed by atoms with van der Waals surface area (Å²) in [5.41, 5.74) is 1.34. The van der Waals surface area contributed by atoms with E-state index in [1.54, 1.807) is 0 Å². The van der Waals surface area contributed by atoms with E-state index < -0.39 is 0 Å². The van der Waals surface area contributed by atoms with E-state index in [0.29, 0.717) is 0 Å². The van der Waals surface area contributed by atoms with Gasteiger partial charge in [0.05, 0.1) is 6.61 Å². The summed E-state index contributed by atoms with van der Waals surface area (Å²) in [5.74, 6) is 2.92. The van der Waals surface area contributed by atoms with Gasteiger partial charge in [0.2, 0.25) is 0 Å². The minimum atomic E-state index is 0.740. The molecule has 0 atom stereocenters. The van der Waals surface area contributed by atoms with E-state index in [1.807, 2.05) is 13.0 Å². The van der Waals surface area contributed by atoms with Gasteiger partial charge < -0.3 is 10.1 Å². The highest BCUT2D eigenvalue weighted by molar-refractivity contribution is 5.28. The standard InChI is InChI=1S/C16H23NO/c1-2-18-15-5-3-4-12(10-15)11-17-16(13-6-7-13)14-8-9-14/h3-5,10,13-14,16-17H,2,6-9,11H2,1H3. The molecule has 2 nitrogen and oxygen atoms in total. The fourth-order valence-corrected chi connectivity index (χ4v) is 2.78. The molecule has 2 heteroatoms. The lowest BCUT2D eigenvalue weighted by Gasteiger charge is -2.18. The maximum Gasteiger partial charge on any atom is 0.119 e. The number of hydrogen-bond donors (Lipinski definition) is 1. The lowest BCUT2D eigenvalue weighted by atomic mass is 10.1. The van der Waals surface area contributed by atoms with Gasteiger partial charge in [-0.05, 0) is 62.1 Å². The Morgan fingerprint density at radius 1 is 1.22 bits per heavy atom. The van der Waals surface area contributed by atoms with E-state index in [9.17, 15) is 0 Å². The third-order valence-corrected chi connectivity index (χ3v) is 4.01. The van der Waals surface area contributed by atoms with E-state index in [1.165, 1.54) is 31.2 Å². The molecule has 2 aliphatic rings. The van der Waals surface area contributed by atoms with Crippen molar-refractivity contribution in [2.45, 2.75) is 45.2 Å². The lowest BCUT2D eigenvalue weighted by molar-refractivity contribution is 0.339. The molecule has 0 amide bonds. The Morgan fingerprint density at radius 2 is 1.94 bits per heavy atom. The molecule has 0 radical (unpaired) electrons. The Balaban J connectivity index is 1.56. The Hall–Kier alpha value is -1.02. The zero-order valence-corrected chi connectivity index (χ0v) is 11.2. The highest BCUT2D eigenvalue weighted by Gasteiger charge is 2.40. The molecule has 98 valence electrons. The van der Waals surface area contributed by atoms with Crippen molar-refractivity contribution in [3.05, 3.63) is 29.8 Å². The Kier molecular flexibility index (Phi) is 3.55. The summed E-state index contributed by atoms with van der Waals surface area (Å²) >= 11 is 0. The van der Waals surface area contributed by atoms with Crippen molar-refractivity contribution in [3.63, 3.8) is 0 Å². The zero-order valence-electron chi connectivity index (χ0n) is 11.2. The van der Waals surface area contributed by atoms with Crippen molar-refractivity contribution >= 4 is 0 Å². The fraction of sp³-hybridized carbons (Fsp3) is 0.625. The fourth-order valence-electron chi connectivity index (χ4n) is 2.78. The van der Waals surface area contributed by atoms with Gasteiger partial charge in [-0.3, -0.25) is 0 Å². The van der Waals surface area contributed by atoms with Crippen molar-refractivity contribution in [1.82, 2.24) is 5.32 Å². The smallest absolute Gasteiger partial charge is 0.119 e. The first-order chi connectivity index (χ1) is 8.86. The molecule has 2 saturated carbocycles. The summed E-state index contributed by atoms with van der Waals surface area (Å²) in [7, 11) is 0. The van der Waals surface area contributed by atoms with Crippen molar-refractivity contribution in [2.24, 2.45) is 11.8 Å². The summed E-state index contributed by atoms with van der Waals surface area (Å²) in [4.78, 5) is 0. The lowest BCUT2D eigenvalue weighted by Crippen LogP contribution is -2.32. The monoisotopic (exact) mass is 245 g/mol. The maximum atomic E-state index is 5.55. The minimum absolute atomic E-state index is 0.740. The van der Waals surface area contributed by atoms with Gasteiger partial charge in [-0.25, -0.2) is 0 Å². The quantitative estimate of drug-likeness (QED) is 0.795. The van der Waals surface area contributed by atoms with Crippen LogP contribution in [0.5, 0.6) is 5.75 Å². The predicted molar refractivity (Wildman–Crippen MR) is 73.7 cm³/mol. The average Bonchev–Trinajstić information content (AvgIpc) is 3.25. The number of hydrogen-bond acceptors (Lipinski definition) is 2. The molecule has 0 aliphatic heterocycles. The second kappa shape index (κ2) is 5.31. The van der Waals surface area contributed by atoms with E-state index in [4.69, 9.17) is 4.74 Å². The third-order valence-electron chi connectivity index (χ3n) is 4.01. The van der Waals surface area contributed by atoms with Gasteiger partial charge in [0.1, 0.15) is 5.75 Å². The molecule has 0 aromatic heterocycles. The number of benzene rings is 1. The van der Waals surface area contributed by atoms with Crippen LogP contribution >= 0.6 is 0 Å². The molecule has 0 heterocycles. The Bertz CT molecular complexity index is 384. The second-order valence-corrected chi connectivity index (χ2v) is 5.66. The van der Waals surface area contributed by atoms with Gasteiger partial charge in [0.15, 0.2) is 0 Å². The van der Waals surface area contributed by atoms with Crippen LogP contribution in [-0.2, 0) is 6.54 Å². The highest BCUT2D eigenvalue weighted by atomic mass is 16.5. The van der Waals surface area contributed by atoms with Crippen LogP contribution in [0, 0.1) is 11.8 Å². The average molecular weight is 245 g/mol. The number of nitrogens with one attached hydrogen (secondary N) is 1. The zero-order chi connectivity index (χ0) is 12.4. The molecule has 2 fully saturated rings. The summed E-state index contributed by atoms with van der Waals surface area (Å²) in [6, 6.07) is 9.25. The normalized spacial score (nSPS) is 19.2. The molecule has 0 spiro atoms. The van der Waals surface area contributed by atoms with Gasteiger partial charge >= 0.3 is 0 Å². The van der Waals surface area contributed by atoms with Crippen molar-refractivity contribution < 1.29 is 4.74 Å². The summed E-state index contributed by atoms with van der Waals surface area (Å²) in [5, 5.41) is 3.77. The Morgan fingerprint density at radius 3 is 2.56 bits per heavy atom. The number of rotatable bonds is 7. The summed E-state index contributed by atoms with van der Waals surface area (Å²) in [6.45, 7) is 3.75. The van der Waals surface area contributed by atoms with Gasteiger partial charge in [-0.15, -0.1) is 0 Å². The molecule has 1 aromatic rings. The molecule has 1 N–H and O–H groups in total. The topological polar surface area (TPSA) is 21.3 Å². The maximum absolute atomic E-state index is 5.55. The van der Waals surface area contributed by atoms with Crippen LogP contribution in [0.15, 0.2) is 24.3 Å². The molecule has 18 heavy (non-hydrogen) atoms. The SMILES string of the molecule is CCOc1cccc(CNC(C2CC2)C2CC2)c1. The first-order valence-corrected chi connectivity index (χ1v) is 7.32. The van der Waals surface area contributed by atoms with Crippen LogP contribution in [0.4, 0.5) is 0 Å². The highest BCUT2D eigenvalue weighted by Crippen LogP contribution is 2.44. The van der Waals surface area contributed by atoms with E-state index in [0.717, 1.165) is 36.8 Å². The van der Waals surface area contributed by atoms with Crippen LogP contribution in [0.25, 0.3) is 0 Å². The van der Waals surface area contributed by atoms with Crippen LogP contribution in [0.2, 0.25) is 0 Å². The van der Waals surface area contributed by atoms with E-state index in [-0.39, 0.29) is 0 Å². The first-order valence-electron chi connectivity index (χ1n) is 7.32. The molecule has 1 aromatic carbocycles. The van der Waals surface area contributed by atoms with Crippen LogP contribution < -0.4 is 10.1 Å². The molecular formula is C16H23NO. The minimum Gasteiger partial charge on any atom is -0.494 e. The van der Waals surface area contributed by atoms with Gasteiger partial charge in [-0.2, -0.15) is 0 Å². The first kappa shape index (κ1) is 12.0. The number of ether oxygens (including phenoxy) is 1. The second-order valence-electron chi connectivity index (χ2n) is 5.66. The summed E-state index contributed by atoms with van der Waals surface area (Å²) < 4.78 is 5.55. The summed E-state index contributed by atoms with van der Waals surface area (Å²) in [6.07, 6.45) is 5.75. The van der Waals surface area contributed by atoms with Gasteiger partial charge in [0.25, 0.3) is 0 Å². The molecular weight excluding hydrogens is 222 g/mol. The van der Waals surface area contributed by atoms with Crippen LogP contribution in [0.3, 0.4) is 0 Å². The molecule has 0 unspecified atom stereocenters. The molecule has 3 rings (SSSR count). The molecule has 2 aliphatic carbocycles. The van der Waals surface area contributed by atoms with E-state index in [2.05, 4.69) is 23.5 Å². The van der Waals surface area contributed by atoms with Gasteiger partial charge in [0, 0.05) is 12.6 Å². The third kappa shape index (κ3) is 3.05. The van der Waals surface area contributed by atoms with Crippen molar-refractivity contribution in [2.75, 3.05) is 6.61 Å². The predicted octanol–water partition coefficient (Wildman–Crippen LogP) is 3.36. The van der Waals surface area contributed by atoms with E-state index >= 15 is 0 Å².